The first kappa shape index (κ1) is 19.9. The number of rotatable bonds is 7. The Morgan fingerprint density at radius 1 is 1.09 bits per heavy atom. The van der Waals surface area contributed by atoms with E-state index in [1.54, 1.807) is 0 Å². The molecule has 0 amide bonds. The summed E-state index contributed by atoms with van der Waals surface area (Å²) in [6, 6.07) is 0. The third kappa shape index (κ3) is 7.91. The molecule has 0 unspecified atom stereocenters. The molecule has 0 bridgehead atoms. The summed E-state index contributed by atoms with van der Waals surface area (Å²) in [7, 11) is 0. The lowest BCUT2D eigenvalue weighted by atomic mass is 9.99. The van der Waals surface area contributed by atoms with Gasteiger partial charge in [-0.15, -0.1) is 0 Å². The summed E-state index contributed by atoms with van der Waals surface area (Å²) in [4.78, 5) is 5.02. The average molecular weight is 315 g/mol. The molecule has 2 aliphatic heterocycles. The van der Waals surface area contributed by atoms with Gasteiger partial charge in [0.2, 0.25) is 0 Å². The van der Waals surface area contributed by atoms with Crippen molar-refractivity contribution in [2.75, 3.05) is 59.1 Å². The molecule has 1 atom stereocenters. The number of nitrogens with zero attached hydrogens (tertiary/aromatic N) is 2. The van der Waals surface area contributed by atoms with Crippen molar-refractivity contribution in [3.63, 3.8) is 0 Å². The number of piperidine rings is 1. The van der Waals surface area contributed by atoms with Crippen molar-refractivity contribution < 1.29 is 9.47 Å². The molecule has 2 aliphatic rings. The zero-order valence-electron chi connectivity index (χ0n) is 15.4. The third-order valence-electron chi connectivity index (χ3n) is 4.61. The predicted molar refractivity (Wildman–Crippen MR) is 93.5 cm³/mol. The van der Waals surface area contributed by atoms with Crippen LogP contribution in [0.2, 0.25) is 0 Å². The van der Waals surface area contributed by atoms with E-state index in [0.29, 0.717) is 0 Å². The van der Waals surface area contributed by atoms with Crippen LogP contribution < -0.4 is 0 Å². The minimum absolute atomic E-state index is 0.277. The number of ether oxygens (including phenoxy) is 2. The highest BCUT2D eigenvalue weighted by atomic mass is 16.5. The second kappa shape index (κ2) is 12.3. The van der Waals surface area contributed by atoms with E-state index in [1.165, 1.54) is 32.5 Å². The Morgan fingerprint density at radius 3 is 2.50 bits per heavy atom. The zero-order valence-corrected chi connectivity index (χ0v) is 15.4. The van der Waals surface area contributed by atoms with Crippen molar-refractivity contribution in [3.8, 4) is 0 Å². The molecule has 0 radical (unpaired) electrons. The van der Waals surface area contributed by atoms with E-state index in [4.69, 9.17) is 9.47 Å². The maximum Gasteiger partial charge on any atom is 0.0935 e. The largest absolute Gasteiger partial charge is 0.379 e. The van der Waals surface area contributed by atoms with Gasteiger partial charge >= 0.3 is 0 Å². The Labute approximate surface area is 138 Å². The number of hydrogen-bond acceptors (Lipinski definition) is 4. The Morgan fingerprint density at radius 2 is 1.82 bits per heavy atom. The third-order valence-corrected chi connectivity index (χ3v) is 4.61. The highest BCUT2D eigenvalue weighted by molar-refractivity contribution is 4.71. The van der Waals surface area contributed by atoms with Crippen LogP contribution in [0.3, 0.4) is 0 Å². The summed E-state index contributed by atoms with van der Waals surface area (Å²) in [5.74, 6) is 0.924. The fraction of sp³-hybridized carbons (Fsp3) is 1.00. The van der Waals surface area contributed by atoms with Crippen LogP contribution in [-0.2, 0) is 9.47 Å². The van der Waals surface area contributed by atoms with Gasteiger partial charge in [0.15, 0.2) is 0 Å². The van der Waals surface area contributed by atoms with Crippen LogP contribution >= 0.6 is 0 Å². The first-order valence-electron chi connectivity index (χ1n) is 9.42. The molecule has 0 aromatic carbocycles. The van der Waals surface area contributed by atoms with Crippen LogP contribution in [-0.4, -0.2) is 75.0 Å². The van der Waals surface area contributed by atoms with Crippen LogP contribution in [0.25, 0.3) is 0 Å². The Balaban J connectivity index is 0.00000116. The average Bonchev–Trinajstić information content (AvgIpc) is 2.58. The van der Waals surface area contributed by atoms with E-state index < -0.39 is 0 Å². The minimum atomic E-state index is 0.277. The summed E-state index contributed by atoms with van der Waals surface area (Å²) < 4.78 is 11.5. The Kier molecular flexibility index (Phi) is 11.1. The van der Waals surface area contributed by atoms with E-state index >= 15 is 0 Å². The van der Waals surface area contributed by atoms with Crippen molar-refractivity contribution in [2.45, 2.75) is 53.1 Å². The quantitative estimate of drug-likeness (QED) is 0.675. The molecule has 0 N–H and O–H groups in total. The summed E-state index contributed by atoms with van der Waals surface area (Å²) in [5.41, 5.74) is 0. The highest BCUT2D eigenvalue weighted by Crippen LogP contribution is 2.15. The Hall–Kier alpha value is -0.160. The van der Waals surface area contributed by atoms with E-state index in [2.05, 4.69) is 23.6 Å². The van der Waals surface area contributed by atoms with Gasteiger partial charge in [-0.2, -0.15) is 0 Å². The van der Waals surface area contributed by atoms with E-state index in [-0.39, 0.29) is 6.10 Å². The topological polar surface area (TPSA) is 24.9 Å². The lowest BCUT2D eigenvalue weighted by Crippen LogP contribution is -2.44. The number of hydrogen-bond donors (Lipinski definition) is 0. The van der Waals surface area contributed by atoms with Crippen LogP contribution in [0.5, 0.6) is 0 Å². The second-order valence-corrected chi connectivity index (χ2v) is 6.34. The van der Waals surface area contributed by atoms with Gasteiger partial charge in [-0.25, -0.2) is 0 Å². The molecular formula is C18H38N2O2. The van der Waals surface area contributed by atoms with Gasteiger partial charge in [-0.3, -0.25) is 4.90 Å². The van der Waals surface area contributed by atoms with Crippen molar-refractivity contribution in [1.82, 2.24) is 9.80 Å². The van der Waals surface area contributed by atoms with Crippen molar-refractivity contribution in [2.24, 2.45) is 5.92 Å². The maximum atomic E-state index is 5.80. The van der Waals surface area contributed by atoms with Gasteiger partial charge in [-0.05, 0) is 44.8 Å². The monoisotopic (exact) mass is 314 g/mol. The first-order valence-corrected chi connectivity index (χ1v) is 9.42. The highest BCUT2D eigenvalue weighted by Gasteiger charge is 2.19. The van der Waals surface area contributed by atoms with Crippen molar-refractivity contribution >= 4 is 0 Å². The molecule has 2 heterocycles. The van der Waals surface area contributed by atoms with Crippen molar-refractivity contribution in [1.29, 1.82) is 0 Å². The van der Waals surface area contributed by atoms with Gasteiger partial charge in [-0.1, -0.05) is 27.7 Å². The lowest BCUT2D eigenvalue weighted by Gasteiger charge is -2.32. The van der Waals surface area contributed by atoms with E-state index in [9.17, 15) is 0 Å². The fourth-order valence-corrected chi connectivity index (χ4v) is 3.06. The molecule has 4 heteroatoms. The molecule has 0 saturated carbocycles. The molecule has 2 saturated heterocycles. The van der Waals surface area contributed by atoms with Crippen LogP contribution in [0, 0.1) is 5.92 Å². The molecule has 0 spiro atoms. The maximum absolute atomic E-state index is 5.80. The molecule has 0 aliphatic carbocycles. The smallest absolute Gasteiger partial charge is 0.0935 e. The standard InChI is InChI=1S/C16H32N2O2.C2H6/c1-3-17-10-12-20-16(13-17)14-19-11-4-7-18-8-5-15(2)6-9-18;1-2/h15-16H,3-14H2,1-2H3;1-2H3/t16-;/m1./s1. The van der Waals surface area contributed by atoms with Crippen molar-refractivity contribution in [3.05, 3.63) is 0 Å². The molecule has 2 fully saturated rings. The van der Waals surface area contributed by atoms with Gasteiger partial charge in [0, 0.05) is 26.2 Å². The van der Waals surface area contributed by atoms with Crippen LogP contribution in [0.1, 0.15) is 47.0 Å². The molecule has 132 valence electrons. The molecule has 4 nitrogen and oxygen atoms in total. The Bertz CT molecular complexity index is 255. The molecule has 0 aromatic rings. The molecule has 22 heavy (non-hydrogen) atoms. The van der Waals surface area contributed by atoms with Crippen LogP contribution in [0.4, 0.5) is 0 Å². The van der Waals surface area contributed by atoms with Crippen LogP contribution in [0.15, 0.2) is 0 Å². The first-order chi connectivity index (χ1) is 10.8. The summed E-state index contributed by atoms with van der Waals surface area (Å²) in [5, 5.41) is 0. The van der Waals surface area contributed by atoms with Gasteiger partial charge in [0.05, 0.1) is 19.3 Å². The summed E-state index contributed by atoms with van der Waals surface area (Å²) in [6.07, 6.45) is 4.16. The van der Waals surface area contributed by atoms with Gasteiger partial charge in [0.1, 0.15) is 0 Å². The fourth-order valence-electron chi connectivity index (χ4n) is 3.06. The number of morpholine rings is 1. The predicted octanol–water partition coefficient (Wildman–Crippen LogP) is 2.87. The SMILES string of the molecule is CC.CCN1CCO[C@@H](COCCCN2CCC(C)CC2)C1. The lowest BCUT2D eigenvalue weighted by molar-refractivity contribution is -0.0686. The van der Waals surface area contributed by atoms with Gasteiger partial charge < -0.3 is 14.4 Å². The number of likely N-dealkylation sites (tertiary alicyclic amines) is 1. The molecular weight excluding hydrogens is 276 g/mol. The number of likely N-dealkylation sites (N-methyl/N-ethyl adjacent to an activating group) is 1. The molecule has 2 rings (SSSR count). The summed E-state index contributed by atoms with van der Waals surface area (Å²) >= 11 is 0. The minimum Gasteiger partial charge on any atom is -0.379 e. The second-order valence-electron chi connectivity index (χ2n) is 6.34. The molecule has 0 aromatic heterocycles. The normalized spacial score (nSPS) is 24.8. The van der Waals surface area contributed by atoms with E-state index in [0.717, 1.165) is 51.8 Å². The summed E-state index contributed by atoms with van der Waals surface area (Å²) in [6.45, 7) is 18.0. The van der Waals surface area contributed by atoms with Gasteiger partial charge in [0.25, 0.3) is 0 Å². The zero-order chi connectivity index (χ0) is 16.2. The van der Waals surface area contributed by atoms with E-state index in [1.807, 2.05) is 13.8 Å².